The number of ether oxygens (including phenoxy) is 3. The third-order valence-corrected chi connectivity index (χ3v) is 2.53. The molecule has 19 heavy (non-hydrogen) atoms. The second kappa shape index (κ2) is 8.46. The van der Waals surface area contributed by atoms with Crippen molar-refractivity contribution in [2.75, 3.05) is 33.5 Å². The van der Waals surface area contributed by atoms with Crippen molar-refractivity contribution in [3.8, 4) is 11.9 Å². The predicted octanol–water partition coefficient (Wildman–Crippen LogP) is 2.00. The molecule has 0 atom stereocenters. The SMILES string of the molecule is COCCCOCCOc1nc(C)cc(C)c1C#N. The highest BCUT2D eigenvalue weighted by Gasteiger charge is 2.09. The molecule has 0 saturated carbocycles. The lowest BCUT2D eigenvalue weighted by molar-refractivity contribution is 0.0794. The van der Waals surface area contributed by atoms with Gasteiger partial charge in [-0.1, -0.05) is 0 Å². The number of methoxy groups -OCH3 is 1. The first-order valence-corrected chi connectivity index (χ1v) is 6.27. The van der Waals surface area contributed by atoms with E-state index in [1.54, 1.807) is 7.11 Å². The topological polar surface area (TPSA) is 64.4 Å². The van der Waals surface area contributed by atoms with Crippen molar-refractivity contribution < 1.29 is 14.2 Å². The molecule has 0 aliphatic heterocycles. The normalized spacial score (nSPS) is 10.2. The molecule has 104 valence electrons. The average molecular weight is 264 g/mol. The Morgan fingerprint density at radius 3 is 2.68 bits per heavy atom. The summed E-state index contributed by atoms with van der Waals surface area (Å²) in [6, 6.07) is 3.98. The van der Waals surface area contributed by atoms with Gasteiger partial charge in [-0.3, -0.25) is 0 Å². The van der Waals surface area contributed by atoms with Gasteiger partial charge < -0.3 is 14.2 Å². The van der Waals surface area contributed by atoms with Crippen LogP contribution in [0.5, 0.6) is 5.88 Å². The maximum Gasteiger partial charge on any atom is 0.232 e. The van der Waals surface area contributed by atoms with E-state index < -0.39 is 0 Å². The van der Waals surface area contributed by atoms with Crippen LogP contribution in [0.1, 0.15) is 23.2 Å². The molecule has 1 heterocycles. The second-order valence-corrected chi connectivity index (χ2v) is 4.18. The minimum absolute atomic E-state index is 0.386. The molecular weight excluding hydrogens is 244 g/mol. The van der Waals surface area contributed by atoms with E-state index in [1.165, 1.54) is 0 Å². The van der Waals surface area contributed by atoms with Gasteiger partial charge in [0.1, 0.15) is 18.2 Å². The number of nitriles is 1. The summed E-state index contributed by atoms with van der Waals surface area (Å²) < 4.78 is 15.8. The summed E-state index contributed by atoms with van der Waals surface area (Å²) in [6.07, 6.45) is 0.863. The van der Waals surface area contributed by atoms with Gasteiger partial charge in [0.25, 0.3) is 0 Å². The third-order valence-electron chi connectivity index (χ3n) is 2.53. The zero-order chi connectivity index (χ0) is 14.1. The lowest BCUT2D eigenvalue weighted by atomic mass is 10.1. The van der Waals surface area contributed by atoms with E-state index in [-0.39, 0.29) is 0 Å². The van der Waals surface area contributed by atoms with Crippen molar-refractivity contribution in [3.63, 3.8) is 0 Å². The summed E-state index contributed by atoms with van der Waals surface area (Å²) in [5.41, 5.74) is 2.21. The van der Waals surface area contributed by atoms with Gasteiger partial charge in [-0.2, -0.15) is 5.26 Å². The Morgan fingerprint density at radius 2 is 2.00 bits per heavy atom. The summed E-state index contributed by atoms with van der Waals surface area (Å²) in [5.74, 6) is 0.389. The van der Waals surface area contributed by atoms with Crippen molar-refractivity contribution in [2.24, 2.45) is 0 Å². The number of nitrogens with zero attached hydrogens (tertiary/aromatic N) is 2. The molecule has 0 aliphatic carbocycles. The molecule has 5 heteroatoms. The quantitative estimate of drug-likeness (QED) is 0.672. The second-order valence-electron chi connectivity index (χ2n) is 4.18. The van der Waals surface area contributed by atoms with E-state index in [9.17, 15) is 0 Å². The number of pyridine rings is 1. The number of aryl methyl sites for hydroxylation is 2. The molecule has 0 aromatic carbocycles. The number of hydrogen-bond acceptors (Lipinski definition) is 5. The standard InChI is InChI=1S/C14H20N2O3/c1-11-9-12(2)16-14(13(11)10-15)19-8-7-18-6-4-5-17-3/h9H,4-8H2,1-3H3. The van der Waals surface area contributed by atoms with E-state index in [4.69, 9.17) is 19.5 Å². The molecule has 0 saturated heterocycles. The maximum absolute atomic E-state index is 9.07. The Labute approximate surface area is 114 Å². The van der Waals surface area contributed by atoms with E-state index in [0.717, 1.165) is 17.7 Å². The summed E-state index contributed by atoms with van der Waals surface area (Å²) in [6.45, 7) is 5.95. The first-order chi connectivity index (χ1) is 9.19. The van der Waals surface area contributed by atoms with E-state index in [1.807, 2.05) is 19.9 Å². The third kappa shape index (κ3) is 5.25. The van der Waals surface area contributed by atoms with Crippen LogP contribution in [0.25, 0.3) is 0 Å². The molecular formula is C14H20N2O3. The lowest BCUT2D eigenvalue weighted by Gasteiger charge is -2.10. The van der Waals surface area contributed by atoms with Crippen LogP contribution in [0.4, 0.5) is 0 Å². The Kier molecular flexibility index (Phi) is 6.86. The van der Waals surface area contributed by atoms with Crippen molar-refractivity contribution in [3.05, 3.63) is 22.9 Å². The van der Waals surface area contributed by atoms with E-state index in [2.05, 4.69) is 11.1 Å². The van der Waals surface area contributed by atoms with Crippen LogP contribution < -0.4 is 4.74 Å². The molecule has 0 N–H and O–H groups in total. The molecule has 0 radical (unpaired) electrons. The highest BCUT2D eigenvalue weighted by atomic mass is 16.5. The Bertz CT molecular complexity index is 441. The first kappa shape index (κ1) is 15.4. The number of aromatic nitrogens is 1. The number of hydrogen-bond donors (Lipinski definition) is 0. The molecule has 5 nitrogen and oxygen atoms in total. The highest BCUT2D eigenvalue weighted by Crippen LogP contribution is 2.19. The lowest BCUT2D eigenvalue weighted by Crippen LogP contribution is -2.10. The summed E-state index contributed by atoms with van der Waals surface area (Å²) >= 11 is 0. The van der Waals surface area contributed by atoms with Crippen LogP contribution in [0, 0.1) is 25.2 Å². The smallest absolute Gasteiger partial charge is 0.232 e. The van der Waals surface area contributed by atoms with Crippen LogP contribution in [0.15, 0.2) is 6.07 Å². The van der Waals surface area contributed by atoms with Crippen LogP contribution in [0.3, 0.4) is 0 Å². The van der Waals surface area contributed by atoms with Crippen molar-refractivity contribution in [2.45, 2.75) is 20.3 Å². The number of rotatable bonds is 8. The molecule has 1 rings (SSSR count). The summed E-state index contributed by atoms with van der Waals surface area (Å²) in [7, 11) is 1.66. The zero-order valence-corrected chi connectivity index (χ0v) is 11.7. The monoisotopic (exact) mass is 264 g/mol. The van der Waals surface area contributed by atoms with Gasteiger partial charge in [0, 0.05) is 26.0 Å². The average Bonchev–Trinajstić information content (AvgIpc) is 2.37. The van der Waals surface area contributed by atoms with Crippen molar-refractivity contribution in [1.82, 2.24) is 4.98 Å². The molecule has 0 aliphatic rings. The minimum atomic E-state index is 0.386. The predicted molar refractivity (Wildman–Crippen MR) is 71.2 cm³/mol. The highest BCUT2D eigenvalue weighted by molar-refractivity contribution is 5.45. The van der Waals surface area contributed by atoms with Crippen molar-refractivity contribution in [1.29, 1.82) is 5.26 Å². The van der Waals surface area contributed by atoms with Gasteiger partial charge in [-0.25, -0.2) is 4.98 Å². The maximum atomic E-state index is 9.07. The molecule has 0 spiro atoms. The van der Waals surface area contributed by atoms with Gasteiger partial charge >= 0.3 is 0 Å². The fourth-order valence-corrected chi connectivity index (χ4v) is 1.65. The van der Waals surface area contributed by atoms with Crippen LogP contribution in [0.2, 0.25) is 0 Å². The molecule has 0 bridgehead atoms. The summed E-state index contributed by atoms with van der Waals surface area (Å²) in [4.78, 5) is 4.23. The van der Waals surface area contributed by atoms with Gasteiger partial charge in [-0.05, 0) is 31.9 Å². The van der Waals surface area contributed by atoms with Gasteiger partial charge in [-0.15, -0.1) is 0 Å². The summed E-state index contributed by atoms with van der Waals surface area (Å²) in [5, 5.41) is 9.07. The Morgan fingerprint density at radius 1 is 1.21 bits per heavy atom. The van der Waals surface area contributed by atoms with Gasteiger partial charge in [0.15, 0.2) is 0 Å². The first-order valence-electron chi connectivity index (χ1n) is 6.27. The molecule has 0 fully saturated rings. The largest absolute Gasteiger partial charge is 0.474 e. The van der Waals surface area contributed by atoms with E-state index >= 15 is 0 Å². The van der Waals surface area contributed by atoms with Crippen LogP contribution in [-0.2, 0) is 9.47 Å². The van der Waals surface area contributed by atoms with E-state index in [0.29, 0.717) is 37.9 Å². The molecule has 1 aromatic rings. The Balaban J connectivity index is 2.39. The fourth-order valence-electron chi connectivity index (χ4n) is 1.65. The molecule has 0 amide bonds. The van der Waals surface area contributed by atoms with Crippen molar-refractivity contribution >= 4 is 0 Å². The van der Waals surface area contributed by atoms with Gasteiger partial charge in [0.05, 0.1) is 6.61 Å². The zero-order valence-electron chi connectivity index (χ0n) is 11.7. The van der Waals surface area contributed by atoms with Crippen LogP contribution in [-0.4, -0.2) is 38.5 Å². The fraction of sp³-hybridized carbons (Fsp3) is 0.571. The van der Waals surface area contributed by atoms with Gasteiger partial charge in [0.2, 0.25) is 5.88 Å². The minimum Gasteiger partial charge on any atom is -0.474 e. The molecule has 0 unspecified atom stereocenters. The Hall–Kier alpha value is -1.64. The van der Waals surface area contributed by atoms with Crippen LogP contribution >= 0.6 is 0 Å². The molecule has 1 aromatic heterocycles.